The van der Waals surface area contributed by atoms with Gasteiger partial charge >= 0.3 is 5.69 Å². The molecule has 1 N–H and O–H groups in total. The Labute approximate surface area is 186 Å². The maximum absolute atomic E-state index is 12.2. The molecule has 0 fully saturated rings. The smallest absolute Gasteiger partial charge is 0.312 e. The van der Waals surface area contributed by atoms with Gasteiger partial charge in [-0.2, -0.15) is 5.10 Å². The topological polar surface area (TPSA) is 164 Å². The number of benzene rings is 1. The Bertz CT molecular complexity index is 1190. The molecule has 13 nitrogen and oxygen atoms in total. The number of hydrogen-bond donors (Lipinski definition) is 1. The molecule has 0 aliphatic carbocycles. The summed E-state index contributed by atoms with van der Waals surface area (Å²) in [6, 6.07) is 5.69. The first-order valence-corrected chi connectivity index (χ1v) is 10.4. The van der Waals surface area contributed by atoms with Crippen molar-refractivity contribution < 1.29 is 14.6 Å². The summed E-state index contributed by atoms with van der Waals surface area (Å²) in [5, 5.41) is 37.5. The number of anilines is 1. The predicted molar refractivity (Wildman–Crippen MR) is 116 cm³/mol. The molecule has 0 aliphatic rings. The minimum absolute atomic E-state index is 0.00831. The van der Waals surface area contributed by atoms with Crippen LogP contribution in [-0.2, 0) is 24.8 Å². The van der Waals surface area contributed by atoms with Crippen LogP contribution in [0, 0.1) is 34.1 Å². The van der Waals surface area contributed by atoms with E-state index in [0.717, 1.165) is 0 Å². The van der Waals surface area contributed by atoms with Crippen LogP contribution in [0.2, 0.25) is 0 Å². The molecule has 2 aromatic heterocycles. The van der Waals surface area contributed by atoms with Crippen molar-refractivity contribution in [2.45, 2.75) is 32.0 Å². The van der Waals surface area contributed by atoms with E-state index in [4.69, 9.17) is 0 Å². The van der Waals surface area contributed by atoms with E-state index >= 15 is 0 Å². The number of nitro benzene ring substituents is 1. The van der Waals surface area contributed by atoms with Gasteiger partial charge in [-0.15, -0.1) is 10.2 Å². The average molecular weight is 460 g/mol. The SMILES string of the molecule is Cc1nn(CCc2nnc(SCC(=O)Nc3cccc([N+](=O)[O-])c3)n2C)c(C)c1[N+](=O)[O-]. The number of nitrogens with one attached hydrogen (secondary N) is 1. The van der Waals surface area contributed by atoms with Gasteiger partial charge in [-0.05, 0) is 19.9 Å². The fraction of sp³-hybridized carbons (Fsp3) is 0.333. The van der Waals surface area contributed by atoms with E-state index in [-0.39, 0.29) is 23.0 Å². The number of carbonyl (C=O) groups is 1. The molecule has 0 spiro atoms. The normalized spacial score (nSPS) is 10.8. The van der Waals surface area contributed by atoms with Gasteiger partial charge in [0.25, 0.3) is 5.69 Å². The molecular weight excluding hydrogens is 440 g/mol. The van der Waals surface area contributed by atoms with Gasteiger partial charge in [-0.1, -0.05) is 17.8 Å². The zero-order valence-electron chi connectivity index (χ0n) is 17.5. The molecule has 14 heteroatoms. The quantitative estimate of drug-likeness (QED) is 0.287. The van der Waals surface area contributed by atoms with Gasteiger partial charge in [0, 0.05) is 37.8 Å². The van der Waals surface area contributed by atoms with Crippen molar-refractivity contribution in [2.24, 2.45) is 7.05 Å². The zero-order chi connectivity index (χ0) is 23.4. The highest BCUT2D eigenvalue weighted by molar-refractivity contribution is 7.99. The van der Waals surface area contributed by atoms with Gasteiger partial charge in [-0.25, -0.2) is 0 Å². The number of amides is 1. The third-order valence-corrected chi connectivity index (χ3v) is 5.69. The summed E-state index contributed by atoms with van der Waals surface area (Å²) in [6.45, 7) is 3.64. The highest BCUT2D eigenvalue weighted by Crippen LogP contribution is 2.23. The van der Waals surface area contributed by atoms with Crippen molar-refractivity contribution >= 4 is 34.7 Å². The Morgan fingerprint density at radius 3 is 2.59 bits per heavy atom. The van der Waals surface area contributed by atoms with E-state index in [2.05, 4.69) is 20.6 Å². The number of hydrogen-bond acceptors (Lipinski definition) is 9. The molecule has 0 saturated carbocycles. The van der Waals surface area contributed by atoms with Gasteiger partial charge in [0.2, 0.25) is 5.91 Å². The number of non-ortho nitro benzene ring substituents is 1. The van der Waals surface area contributed by atoms with Crippen LogP contribution in [0.5, 0.6) is 0 Å². The van der Waals surface area contributed by atoms with E-state index in [1.54, 1.807) is 36.2 Å². The molecule has 1 aromatic carbocycles. The molecule has 0 aliphatic heterocycles. The number of nitrogens with zero attached hydrogens (tertiary/aromatic N) is 7. The summed E-state index contributed by atoms with van der Waals surface area (Å²) in [6.07, 6.45) is 0.447. The van der Waals surface area contributed by atoms with Crippen LogP contribution >= 0.6 is 11.8 Å². The fourth-order valence-corrected chi connectivity index (χ4v) is 3.82. The molecule has 2 heterocycles. The first-order valence-electron chi connectivity index (χ1n) is 9.41. The molecule has 168 valence electrons. The zero-order valence-corrected chi connectivity index (χ0v) is 18.3. The largest absolute Gasteiger partial charge is 0.325 e. The van der Waals surface area contributed by atoms with E-state index in [9.17, 15) is 25.0 Å². The number of aryl methyl sites for hydroxylation is 3. The van der Waals surface area contributed by atoms with Gasteiger partial charge in [-0.3, -0.25) is 29.7 Å². The Kier molecular flexibility index (Phi) is 6.82. The van der Waals surface area contributed by atoms with Crippen LogP contribution in [0.4, 0.5) is 17.1 Å². The third kappa shape index (κ3) is 5.08. The summed E-state index contributed by atoms with van der Waals surface area (Å²) in [5.74, 6) is 0.343. The third-order valence-electron chi connectivity index (χ3n) is 4.67. The van der Waals surface area contributed by atoms with Crippen molar-refractivity contribution in [2.75, 3.05) is 11.1 Å². The Morgan fingerprint density at radius 1 is 1.19 bits per heavy atom. The summed E-state index contributed by atoms with van der Waals surface area (Å²) >= 11 is 1.17. The lowest BCUT2D eigenvalue weighted by atomic mass is 10.3. The molecule has 1 amide bonds. The molecule has 0 unspecified atom stereocenters. The van der Waals surface area contributed by atoms with Crippen molar-refractivity contribution in [1.82, 2.24) is 24.5 Å². The maximum atomic E-state index is 12.2. The lowest BCUT2D eigenvalue weighted by molar-refractivity contribution is -0.386. The fourth-order valence-electron chi connectivity index (χ4n) is 3.09. The Hall–Kier alpha value is -3.81. The highest BCUT2D eigenvalue weighted by atomic mass is 32.2. The van der Waals surface area contributed by atoms with Crippen LogP contribution < -0.4 is 5.32 Å². The van der Waals surface area contributed by atoms with Crippen LogP contribution in [0.25, 0.3) is 0 Å². The first-order chi connectivity index (χ1) is 15.2. The molecule has 0 saturated heterocycles. The van der Waals surface area contributed by atoms with Crippen molar-refractivity contribution in [3.8, 4) is 0 Å². The average Bonchev–Trinajstić information content (AvgIpc) is 3.23. The van der Waals surface area contributed by atoms with E-state index in [0.29, 0.717) is 41.0 Å². The van der Waals surface area contributed by atoms with E-state index in [1.165, 1.54) is 30.0 Å². The monoisotopic (exact) mass is 460 g/mol. The number of rotatable bonds is 9. The molecule has 3 aromatic rings. The van der Waals surface area contributed by atoms with E-state index in [1.807, 2.05) is 0 Å². The standard InChI is InChI=1S/C18H20N8O5S/c1-11-17(26(30)31)12(2)24(22-11)8-7-15-20-21-18(23(15)3)32-10-16(27)19-13-5-4-6-14(9-13)25(28)29/h4-6,9H,7-8,10H2,1-3H3,(H,19,27). The maximum Gasteiger partial charge on any atom is 0.312 e. The molecule has 32 heavy (non-hydrogen) atoms. The van der Waals surface area contributed by atoms with E-state index < -0.39 is 9.85 Å². The second-order valence-electron chi connectivity index (χ2n) is 6.85. The first kappa shape index (κ1) is 22.9. The second-order valence-corrected chi connectivity index (χ2v) is 7.79. The van der Waals surface area contributed by atoms with Gasteiger partial charge in [0.05, 0.1) is 15.6 Å². The minimum Gasteiger partial charge on any atom is -0.325 e. The second kappa shape index (κ2) is 9.55. The Balaban J connectivity index is 1.58. The molecule has 0 bridgehead atoms. The van der Waals surface area contributed by atoms with Gasteiger partial charge in [0.1, 0.15) is 17.2 Å². The number of aromatic nitrogens is 5. The minimum atomic E-state index is -0.532. The molecular formula is C18H20N8O5S. The van der Waals surface area contributed by atoms with Gasteiger partial charge in [0.15, 0.2) is 5.16 Å². The highest BCUT2D eigenvalue weighted by Gasteiger charge is 2.22. The lowest BCUT2D eigenvalue weighted by Crippen LogP contribution is -2.14. The van der Waals surface area contributed by atoms with Crippen molar-refractivity contribution in [3.05, 3.63) is 61.7 Å². The number of thioether (sulfide) groups is 1. The molecule has 0 atom stereocenters. The van der Waals surface area contributed by atoms with Crippen molar-refractivity contribution in [1.29, 1.82) is 0 Å². The predicted octanol–water partition coefficient (Wildman–Crippen LogP) is 2.42. The summed E-state index contributed by atoms with van der Waals surface area (Å²) < 4.78 is 3.31. The summed E-state index contributed by atoms with van der Waals surface area (Å²) in [4.78, 5) is 33.2. The lowest BCUT2D eigenvalue weighted by Gasteiger charge is -2.06. The van der Waals surface area contributed by atoms with Crippen LogP contribution in [-0.4, -0.2) is 46.1 Å². The molecule has 0 radical (unpaired) electrons. The Morgan fingerprint density at radius 2 is 1.94 bits per heavy atom. The van der Waals surface area contributed by atoms with Crippen molar-refractivity contribution in [3.63, 3.8) is 0 Å². The number of carbonyl (C=O) groups excluding carboxylic acids is 1. The summed E-state index contributed by atoms with van der Waals surface area (Å²) in [5.41, 5.74) is 1.07. The molecule has 3 rings (SSSR count). The van der Waals surface area contributed by atoms with Crippen LogP contribution in [0.15, 0.2) is 29.4 Å². The summed E-state index contributed by atoms with van der Waals surface area (Å²) in [7, 11) is 1.76. The van der Waals surface area contributed by atoms with Gasteiger partial charge < -0.3 is 9.88 Å². The van der Waals surface area contributed by atoms with Crippen LogP contribution in [0.3, 0.4) is 0 Å². The van der Waals surface area contributed by atoms with Crippen LogP contribution in [0.1, 0.15) is 17.2 Å². The number of nitro groups is 2.